The van der Waals surface area contributed by atoms with Gasteiger partial charge in [0.05, 0.1) is 18.2 Å². The lowest BCUT2D eigenvalue weighted by Crippen LogP contribution is -2.29. The van der Waals surface area contributed by atoms with E-state index < -0.39 is 0 Å². The molecule has 126 valence electrons. The van der Waals surface area contributed by atoms with Crippen molar-refractivity contribution in [2.45, 2.75) is 18.9 Å². The van der Waals surface area contributed by atoms with E-state index >= 15 is 0 Å². The van der Waals surface area contributed by atoms with E-state index in [2.05, 4.69) is 10.3 Å². The largest absolute Gasteiger partial charge is 0.493 e. The average Bonchev–Trinajstić information content (AvgIpc) is 2.83. The molecule has 1 aromatic heterocycles. The summed E-state index contributed by atoms with van der Waals surface area (Å²) in [7, 11) is 0. The maximum Gasteiger partial charge on any atom is 0.270 e. The van der Waals surface area contributed by atoms with Gasteiger partial charge in [-0.3, -0.25) is 4.79 Å². The number of hydrogen-bond donors (Lipinski definition) is 1. The van der Waals surface area contributed by atoms with E-state index in [1.165, 1.54) is 12.1 Å². The number of carbonyl (C=O) groups is 1. The second kappa shape index (κ2) is 6.51. The van der Waals surface area contributed by atoms with Gasteiger partial charge in [-0.15, -0.1) is 0 Å². The van der Waals surface area contributed by atoms with Crippen LogP contribution in [0, 0.1) is 5.82 Å². The molecule has 5 heteroatoms. The van der Waals surface area contributed by atoms with Crippen LogP contribution in [-0.4, -0.2) is 17.5 Å². The Morgan fingerprint density at radius 1 is 1.16 bits per heavy atom. The molecule has 4 rings (SSSR count). The molecule has 0 fully saturated rings. The number of ether oxygens (including phenoxy) is 1. The maximum atomic E-state index is 13.7. The standard InChI is InChI=1S/C20H17FN2O2/c21-14-8-10-19-15(12-14)17(6-3-11-25-19)23-20(24)18-9-7-13-4-1-2-5-16(13)22-18/h1-2,4-5,7-10,12,17H,3,6,11H2,(H,23,24)/t17-/m1/s1. The number of halogens is 1. The van der Waals surface area contributed by atoms with E-state index in [0.717, 1.165) is 17.3 Å². The fraction of sp³-hybridized carbons (Fsp3) is 0.200. The average molecular weight is 336 g/mol. The van der Waals surface area contributed by atoms with Gasteiger partial charge in [0.2, 0.25) is 0 Å². The van der Waals surface area contributed by atoms with Gasteiger partial charge in [-0.05, 0) is 43.2 Å². The quantitative estimate of drug-likeness (QED) is 0.769. The van der Waals surface area contributed by atoms with E-state index in [-0.39, 0.29) is 17.8 Å². The number of nitrogens with one attached hydrogen (secondary N) is 1. The Hall–Kier alpha value is -2.95. The highest BCUT2D eigenvalue weighted by molar-refractivity contribution is 5.95. The fourth-order valence-electron chi connectivity index (χ4n) is 3.12. The highest BCUT2D eigenvalue weighted by atomic mass is 19.1. The number of hydrogen-bond acceptors (Lipinski definition) is 3. The molecular formula is C20H17FN2O2. The van der Waals surface area contributed by atoms with E-state index in [1.54, 1.807) is 12.1 Å². The van der Waals surface area contributed by atoms with Crippen LogP contribution in [-0.2, 0) is 0 Å². The summed E-state index contributed by atoms with van der Waals surface area (Å²) in [6.07, 6.45) is 1.47. The minimum atomic E-state index is -0.340. The summed E-state index contributed by atoms with van der Waals surface area (Å²) in [5, 5.41) is 3.96. The van der Waals surface area contributed by atoms with E-state index in [9.17, 15) is 9.18 Å². The molecule has 2 aromatic carbocycles. The minimum absolute atomic E-state index is 0.270. The summed E-state index contributed by atoms with van der Waals surface area (Å²) in [5.74, 6) is 0.0101. The molecule has 1 aliphatic heterocycles. The van der Waals surface area contributed by atoms with Gasteiger partial charge in [-0.25, -0.2) is 9.37 Å². The van der Waals surface area contributed by atoms with Gasteiger partial charge in [-0.1, -0.05) is 24.3 Å². The number of pyridine rings is 1. The number of amides is 1. The molecule has 1 amide bonds. The van der Waals surface area contributed by atoms with Crippen molar-refractivity contribution >= 4 is 16.8 Å². The topological polar surface area (TPSA) is 51.2 Å². The zero-order valence-corrected chi connectivity index (χ0v) is 13.5. The van der Waals surface area contributed by atoms with Crippen molar-refractivity contribution in [1.29, 1.82) is 0 Å². The first-order valence-electron chi connectivity index (χ1n) is 8.29. The summed E-state index contributed by atoms with van der Waals surface area (Å²) >= 11 is 0. The van der Waals surface area contributed by atoms with Crippen molar-refractivity contribution in [3.05, 3.63) is 71.7 Å². The number of rotatable bonds is 2. The smallest absolute Gasteiger partial charge is 0.270 e. The molecule has 4 nitrogen and oxygen atoms in total. The molecule has 1 atom stereocenters. The molecule has 0 radical (unpaired) electrons. The van der Waals surface area contributed by atoms with Crippen LogP contribution < -0.4 is 10.1 Å². The van der Waals surface area contributed by atoms with E-state index in [4.69, 9.17) is 4.74 Å². The highest BCUT2D eigenvalue weighted by Gasteiger charge is 2.23. The maximum absolute atomic E-state index is 13.7. The molecule has 0 saturated heterocycles. The first-order valence-corrected chi connectivity index (χ1v) is 8.29. The molecule has 0 saturated carbocycles. The zero-order chi connectivity index (χ0) is 17.2. The number of carbonyl (C=O) groups excluding carboxylic acids is 1. The first kappa shape index (κ1) is 15.6. The zero-order valence-electron chi connectivity index (χ0n) is 13.5. The molecule has 0 bridgehead atoms. The van der Waals surface area contributed by atoms with Gasteiger partial charge in [0, 0.05) is 10.9 Å². The molecule has 1 N–H and O–H groups in total. The number of fused-ring (bicyclic) bond motifs is 2. The Balaban J connectivity index is 1.62. The normalized spacial score (nSPS) is 16.6. The lowest BCUT2D eigenvalue weighted by atomic mass is 10.0. The summed E-state index contributed by atoms with van der Waals surface area (Å²) in [5.41, 5.74) is 1.79. The predicted molar refractivity (Wildman–Crippen MR) is 93.1 cm³/mol. The third kappa shape index (κ3) is 3.18. The number of benzene rings is 2. The highest BCUT2D eigenvalue weighted by Crippen LogP contribution is 2.32. The molecule has 0 aliphatic carbocycles. The summed E-state index contributed by atoms with van der Waals surface area (Å²) < 4.78 is 19.3. The lowest BCUT2D eigenvalue weighted by molar-refractivity contribution is 0.0930. The minimum Gasteiger partial charge on any atom is -0.493 e. The molecule has 25 heavy (non-hydrogen) atoms. The number of nitrogens with zero attached hydrogens (tertiary/aromatic N) is 1. The van der Waals surface area contributed by atoms with E-state index in [0.29, 0.717) is 30.0 Å². The predicted octanol–water partition coefficient (Wildman–Crippen LogP) is 4.02. The second-order valence-electron chi connectivity index (χ2n) is 6.09. The first-order chi connectivity index (χ1) is 12.2. The third-order valence-corrected chi connectivity index (χ3v) is 4.38. The van der Waals surface area contributed by atoms with Crippen molar-refractivity contribution in [3.8, 4) is 5.75 Å². The molecular weight excluding hydrogens is 319 g/mol. The van der Waals surface area contributed by atoms with Crippen LogP contribution in [0.1, 0.15) is 34.9 Å². The van der Waals surface area contributed by atoms with Crippen molar-refractivity contribution in [2.75, 3.05) is 6.61 Å². The number of para-hydroxylation sites is 1. The van der Waals surface area contributed by atoms with Crippen molar-refractivity contribution < 1.29 is 13.9 Å². The van der Waals surface area contributed by atoms with Crippen LogP contribution in [0.4, 0.5) is 4.39 Å². The third-order valence-electron chi connectivity index (χ3n) is 4.38. The summed E-state index contributed by atoms with van der Waals surface area (Å²) in [6, 6.07) is 15.3. The van der Waals surface area contributed by atoms with Gasteiger partial charge in [0.25, 0.3) is 5.91 Å². The summed E-state index contributed by atoms with van der Waals surface area (Å²) in [4.78, 5) is 17.1. The Kier molecular flexibility index (Phi) is 4.06. The number of aromatic nitrogens is 1. The van der Waals surface area contributed by atoms with Crippen LogP contribution in [0.5, 0.6) is 5.75 Å². The summed E-state index contributed by atoms with van der Waals surface area (Å²) in [6.45, 7) is 0.555. The van der Waals surface area contributed by atoms with Crippen LogP contribution >= 0.6 is 0 Å². The van der Waals surface area contributed by atoms with Gasteiger partial charge >= 0.3 is 0 Å². The molecule has 1 aliphatic rings. The van der Waals surface area contributed by atoms with Crippen LogP contribution in [0.2, 0.25) is 0 Å². The lowest BCUT2D eigenvalue weighted by Gasteiger charge is -2.18. The van der Waals surface area contributed by atoms with Crippen LogP contribution in [0.25, 0.3) is 10.9 Å². The van der Waals surface area contributed by atoms with Crippen molar-refractivity contribution in [1.82, 2.24) is 10.3 Å². The Morgan fingerprint density at radius 3 is 2.96 bits per heavy atom. The van der Waals surface area contributed by atoms with Gasteiger partial charge < -0.3 is 10.1 Å². The fourth-order valence-corrected chi connectivity index (χ4v) is 3.12. The van der Waals surface area contributed by atoms with Crippen molar-refractivity contribution in [3.63, 3.8) is 0 Å². The van der Waals surface area contributed by atoms with Crippen molar-refractivity contribution in [2.24, 2.45) is 0 Å². The molecule has 0 unspecified atom stereocenters. The molecule has 3 aromatic rings. The van der Waals surface area contributed by atoms with Crippen LogP contribution in [0.3, 0.4) is 0 Å². The van der Waals surface area contributed by atoms with Gasteiger partial charge in [0.1, 0.15) is 17.3 Å². The van der Waals surface area contributed by atoms with Crippen LogP contribution in [0.15, 0.2) is 54.6 Å². The van der Waals surface area contributed by atoms with Gasteiger partial charge in [-0.2, -0.15) is 0 Å². The Morgan fingerprint density at radius 2 is 2.04 bits per heavy atom. The monoisotopic (exact) mass is 336 g/mol. The van der Waals surface area contributed by atoms with Gasteiger partial charge in [0.15, 0.2) is 0 Å². The SMILES string of the molecule is O=C(N[C@@H]1CCCOc2ccc(F)cc21)c1ccc2ccccc2n1. The molecule has 0 spiro atoms. The van der Waals surface area contributed by atoms with E-state index in [1.807, 2.05) is 30.3 Å². The Labute approximate surface area is 144 Å². The second-order valence-corrected chi connectivity index (χ2v) is 6.09. The molecule has 2 heterocycles. The Bertz CT molecular complexity index is 942.